The number of carbonyl (C=O) groups is 2. The maximum Gasteiger partial charge on any atom is 0.256 e. The maximum atomic E-state index is 16.1. The Bertz CT molecular complexity index is 1020. The van der Waals surface area contributed by atoms with Crippen molar-refractivity contribution in [1.29, 1.82) is 0 Å². The van der Waals surface area contributed by atoms with Gasteiger partial charge in [0.2, 0.25) is 0 Å². The van der Waals surface area contributed by atoms with Crippen LogP contribution >= 0.6 is 0 Å². The summed E-state index contributed by atoms with van der Waals surface area (Å²) in [6, 6.07) is -0.376. The summed E-state index contributed by atoms with van der Waals surface area (Å²) in [4.78, 5) is 31.9. The lowest BCUT2D eigenvalue weighted by molar-refractivity contribution is -0.219. The molecule has 0 radical (unpaired) electrons. The summed E-state index contributed by atoms with van der Waals surface area (Å²) in [6.45, 7) is 2.05. The van der Waals surface area contributed by atoms with Crippen molar-refractivity contribution >= 4 is 11.7 Å². The monoisotopic (exact) mass is 570 g/mol. The van der Waals surface area contributed by atoms with Gasteiger partial charge >= 0.3 is 0 Å². The van der Waals surface area contributed by atoms with Crippen LogP contribution in [0.4, 0.5) is 4.39 Å². The number of hydrogen-bond donors (Lipinski definition) is 2. The van der Waals surface area contributed by atoms with E-state index in [0.29, 0.717) is 24.9 Å². The van der Waals surface area contributed by atoms with Crippen LogP contribution in [0.3, 0.4) is 0 Å². The molecule has 0 aromatic heterocycles. The van der Waals surface area contributed by atoms with Gasteiger partial charge in [0.1, 0.15) is 6.17 Å². The van der Waals surface area contributed by atoms with Crippen LogP contribution in [0.2, 0.25) is 0 Å². The number of hydrogen-bond acceptors (Lipinski definition) is 6. The van der Waals surface area contributed by atoms with Gasteiger partial charge in [0, 0.05) is 37.8 Å². The molecule has 41 heavy (non-hydrogen) atoms. The Morgan fingerprint density at radius 1 is 1.00 bits per heavy atom. The van der Waals surface area contributed by atoms with Crippen LogP contribution in [0.5, 0.6) is 0 Å². The normalized spacial score (nSPS) is 42.8. The van der Waals surface area contributed by atoms with Crippen LogP contribution in [0.1, 0.15) is 96.3 Å². The first-order chi connectivity index (χ1) is 20.0. The Balaban J connectivity index is 1.12. The fraction of sp³-hybridized carbons (Fsp3) is 0.879. The van der Waals surface area contributed by atoms with Gasteiger partial charge in [-0.05, 0) is 49.9 Å². The van der Waals surface area contributed by atoms with E-state index < -0.39 is 12.1 Å². The number of nitrogens with zero attached hydrogens (tertiary/aromatic N) is 2. The number of likely N-dealkylation sites (tertiary alicyclic amines) is 1. The standard InChI is InChI=1S/C33H51FN4O3/c34-26-17-24-29-32(30(26)37-14-12-23(35)18-37)41-28-16-22-11-4-3-10-21(22)15-27(28)38(29)19-25(31(24)39)33(40)36-13-6-5-9-20-7-1-2-8-20/h19-24,26-30,32H,1-18,35H2,(H,36,40). The molecule has 7 rings (SSSR count). The molecule has 4 saturated carbocycles. The van der Waals surface area contributed by atoms with Crippen LogP contribution in [0, 0.1) is 23.7 Å². The Labute approximate surface area is 245 Å². The second-order valence-corrected chi connectivity index (χ2v) is 14.6. The number of fused-ring (bicyclic) bond motifs is 3. The highest BCUT2D eigenvalue weighted by Gasteiger charge is 2.60. The number of ether oxygens (including phenoxy) is 1. The minimum atomic E-state index is -1.17. The molecular formula is C33H51FN4O3. The zero-order valence-electron chi connectivity index (χ0n) is 24.7. The molecule has 1 amide bonds. The topological polar surface area (TPSA) is 87.9 Å². The lowest BCUT2D eigenvalue weighted by Crippen LogP contribution is -2.73. The van der Waals surface area contributed by atoms with E-state index in [-0.39, 0.29) is 60.1 Å². The van der Waals surface area contributed by atoms with Crippen LogP contribution in [0.25, 0.3) is 0 Å². The molecule has 4 aliphatic carbocycles. The number of amides is 1. The van der Waals surface area contributed by atoms with E-state index in [0.717, 1.165) is 44.6 Å². The van der Waals surface area contributed by atoms with Crippen molar-refractivity contribution in [2.24, 2.45) is 29.4 Å². The first-order valence-corrected chi connectivity index (χ1v) is 17.1. The molecule has 3 N–H and O–H groups in total. The molecule has 0 aromatic rings. The fourth-order valence-electron chi connectivity index (χ4n) is 10.1. The summed E-state index contributed by atoms with van der Waals surface area (Å²) < 4.78 is 23.1. The zero-order chi connectivity index (χ0) is 28.1. The molecule has 0 spiro atoms. The molecule has 10 atom stereocenters. The molecule has 6 fully saturated rings. The first-order valence-electron chi connectivity index (χ1n) is 17.1. The van der Waals surface area contributed by atoms with E-state index in [2.05, 4.69) is 15.1 Å². The number of rotatable bonds is 7. The summed E-state index contributed by atoms with van der Waals surface area (Å²) >= 11 is 0. The Kier molecular flexibility index (Phi) is 8.19. The van der Waals surface area contributed by atoms with Crippen molar-refractivity contribution < 1.29 is 18.7 Å². The van der Waals surface area contributed by atoms with E-state index in [1.54, 1.807) is 0 Å². The molecule has 8 heteroatoms. The van der Waals surface area contributed by atoms with E-state index >= 15 is 4.39 Å². The van der Waals surface area contributed by atoms with Crippen LogP contribution < -0.4 is 11.1 Å². The van der Waals surface area contributed by atoms with Crippen molar-refractivity contribution in [3.63, 3.8) is 0 Å². The van der Waals surface area contributed by atoms with E-state index in [1.807, 2.05) is 6.20 Å². The van der Waals surface area contributed by atoms with Gasteiger partial charge in [0.05, 0.1) is 35.9 Å². The predicted octanol–water partition coefficient (Wildman–Crippen LogP) is 4.10. The third kappa shape index (κ3) is 5.39. The number of carbonyl (C=O) groups excluding carboxylic acids is 2. The third-order valence-corrected chi connectivity index (χ3v) is 12.2. The van der Waals surface area contributed by atoms with Gasteiger partial charge in [-0.2, -0.15) is 0 Å². The van der Waals surface area contributed by atoms with Crippen molar-refractivity contribution in [3.8, 4) is 0 Å². The predicted molar refractivity (Wildman–Crippen MR) is 156 cm³/mol. The summed E-state index contributed by atoms with van der Waals surface area (Å²) in [5.74, 6) is 1.20. The summed E-state index contributed by atoms with van der Waals surface area (Å²) in [7, 11) is 0. The number of unbranched alkanes of at least 4 members (excludes halogenated alkanes) is 1. The number of alkyl halides is 1. The van der Waals surface area contributed by atoms with E-state index in [1.165, 1.54) is 57.8 Å². The zero-order valence-corrected chi connectivity index (χ0v) is 24.7. The molecule has 228 valence electrons. The lowest BCUT2D eigenvalue weighted by Gasteiger charge is -2.61. The quantitative estimate of drug-likeness (QED) is 0.354. The van der Waals surface area contributed by atoms with Gasteiger partial charge in [0.25, 0.3) is 5.91 Å². The minimum Gasteiger partial charge on any atom is -0.369 e. The first kappa shape index (κ1) is 28.3. The van der Waals surface area contributed by atoms with Gasteiger partial charge in [0.15, 0.2) is 5.78 Å². The third-order valence-electron chi connectivity index (χ3n) is 12.2. The molecule has 0 bridgehead atoms. The van der Waals surface area contributed by atoms with Gasteiger partial charge in [-0.25, -0.2) is 4.39 Å². The number of morpholine rings is 1. The average Bonchev–Trinajstić information content (AvgIpc) is 3.65. The second kappa shape index (κ2) is 11.9. The number of Topliss-reactive ketones (excluding diaryl/α,β-unsaturated/α-hetero) is 1. The van der Waals surface area contributed by atoms with Crippen molar-refractivity contribution in [2.45, 2.75) is 139 Å². The highest BCUT2D eigenvalue weighted by Crippen LogP contribution is 2.51. The highest BCUT2D eigenvalue weighted by molar-refractivity contribution is 6.20. The summed E-state index contributed by atoms with van der Waals surface area (Å²) in [5, 5.41) is 3.06. The van der Waals surface area contributed by atoms with Crippen LogP contribution in [-0.2, 0) is 14.3 Å². The number of ketones is 1. The summed E-state index contributed by atoms with van der Waals surface area (Å²) in [6.07, 6.45) is 17.2. The molecule has 0 aromatic carbocycles. The van der Waals surface area contributed by atoms with Crippen molar-refractivity contribution in [3.05, 3.63) is 11.8 Å². The highest BCUT2D eigenvalue weighted by atomic mass is 19.1. The largest absolute Gasteiger partial charge is 0.369 e. The minimum absolute atomic E-state index is 0.0182. The number of halogens is 1. The molecular weight excluding hydrogens is 519 g/mol. The van der Waals surface area contributed by atoms with Gasteiger partial charge in [-0.15, -0.1) is 0 Å². The molecule has 3 aliphatic heterocycles. The second-order valence-electron chi connectivity index (χ2n) is 14.6. The average molecular weight is 571 g/mol. The number of nitrogens with one attached hydrogen (secondary N) is 1. The van der Waals surface area contributed by atoms with Gasteiger partial charge in [-0.3, -0.25) is 14.5 Å². The van der Waals surface area contributed by atoms with Crippen LogP contribution in [-0.4, -0.2) is 83.7 Å². The van der Waals surface area contributed by atoms with E-state index in [9.17, 15) is 9.59 Å². The van der Waals surface area contributed by atoms with Crippen molar-refractivity contribution in [1.82, 2.24) is 15.1 Å². The smallest absolute Gasteiger partial charge is 0.256 e. The molecule has 7 nitrogen and oxygen atoms in total. The Hall–Kier alpha value is -1.51. The van der Waals surface area contributed by atoms with Crippen LogP contribution in [0.15, 0.2) is 11.8 Å². The van der Waals surface area contributed by atoms with Gasteiger partial charge < -0.3 is 20.7 Å². The molecule has 2 saturated heterocycles. The Morgan fingerprint density at radius 2 is 1.76 bits per heavy atom. The molecule has 10 unspecified atom stereocenters. The summed E-state index contributed by atoms with van der Waals surface area (Å²) in [5.41, 5.74) is 6.49. The maximum absolute atomic E-state index is 16.1. The Morgan fingerprint density at radius 3 is 2.51 bits per heavy atom. The lowest BCUT2D eigenvalue weighted by atomic mass is 9.64. The fourth-order valence-corrected chi connectivity index (χ4v) is 10.1. The molecule has 3 heterocycles. The SMILES string of the molecule is NC1CCN(C2C(F)CC3C(=O)C(C(=O)NCCCCC4CCCC4)=CN4C5CC6CCCCC6CC5OC2C34)C1. The van der Waals surface area contributed by atoms with E-state index in [4.69, 9.17) is 10.5 Å². The van der Waals surface area contributed by atoms with Crippen molar-refractivity contribution in [2.75, 3.05) is 19.6 Å². The molecule has 7 aliphatic rings. The van der Waals surface area contributed by atoms with Gasteiger partial charge in [-0.1, -0.05) is 64.2 Å². The number of nitrogens with two attached hydrogens (primary N) is 1.